The number of hydrogen-bond acceptors (Lipinski definition) is 8. The fourth-order valence-corrected chi connectivity index (χ4v) is 2.92. The Kier molecular flexibility index (Phi) is 10.6. The molecule has 2 rings (SSSR count). The minimum Gasteiger partial charge on any atom is -0.503 e. The Labute approximate surface area is 200 Å². The van der Waals surface area contributed by atoms with E-state index < -0.39 is 35.9 Å². The number of amides is 1. The first-order valence-corrected chi connectivity index (χ1v) is 11.3. The standard InChI is InChI=1S/C25H34N2O7/c1-16(2)12-14-32-15-21(18(4)33-19-9-7-6-8-10-19)34-25(30)17(3)27-24(29)22-23(28)20(31-5)11-13-26-22/h6-11,13,16-18,21,28H,12,14-15H2,1-5H3,(H,27,29)/t17-,18-,21+/m0/s1. The summed E-state index contributed by atoms with van der Waals surface area (Å²) in [5.41, 5.74) is -0.256. The van der Waals surface area contributed by atoms with Gasteiger partial charge in [-0.1, -0.05) is 32.0 Å². The van der Waals surface area contributed by atoms with Gasteiger partial charge in [-0.05, 0) is 38.3 Å². The van der Waals surface area contributed by atoms with Gasteiger partial charge in [0.25, 0.3) is 5.91 Å². The molecule has 2 N–H and O–H groups in total. The Bertz CT molecular complexity index is 921. The normalized spacial score (nSPS) is 13.6. The molecule has 34 heavy (non-hydrogen) atoms. The van der Waals surface area contributed by atoms with Crippen LogP contribution in [0.1, 0.15) is 44.6 Å². The van der Waals surface area contributed by atoms with Crippen molar-refractivity contribution in [3.05, 3.63) is 48.3 Å². The second-order valence-corrected chi connectivity index (χ2v) is 8.27. The fraction of sp³-hybridized carbons (Fsp3) is 0.480. The molecule has 9 nitrogen and oxygen atoms in total. The molecule has 0 unspecified atom stereocenters. The molecule has 2 aromatic rings. The van der Waals surface area contributed by atoms with Crippen molar-refractivity contribution in [1.29, 1.82) is 0 Å². The van der Waals surface area contributed by atoms with E-state index in [4.69, 9.17) is 18.9 Å². The highest BCUT2D eigenvalue weighted by Crippen LogP contribution is 2.27. The summed E-state index contributed by atoms with van der Waals surface area (Å²) in [6.45, 7) is 8.14. The molecular formula is C25H34N2O7. The van der Waals surface area contributed by atoms with Gasteiger partial charge in [-0.15, -0.1) is 0 Å². The zero-order chi connectivity index (χ0) is 25.1. The predicted molar refractivity (Wildman–Crippen MR) is 126 cm³/mol. The maximum atomic E-state index is 12.8. The van der Waals surface area contributed by atoms with Crippen LogP contribution in [0.5, 0.6) is 17.2 Å². The van der Waals surface area contributed by atoms with E-state index in [1.54, 1.807) is 6.92 Å². The average molecular weight is 475 g/mol. The Balaban J connectivity index is 2.03. The van der Waals surface area contributed by atoms with Crippen LogP contribution in [-0.4, -0.2) is 60.5 Å². The lowest BCUT2D eigenvalue weighted by molar-refractivity contribution is -0.159. The summed E-state index contributed by atoms with van der Waals surface area (Å²) in [5.74, 6) is -0.601. The van der Waals surface area contributed by atoms with Crippen molar-refractivity contribution in [2.45, 2.75) is 52.4 Å². The van der Waals surface area contributed by atoms with E-state index in [1.165, 1.54) is 26.3 Å². The van der Waals surface area contributed by atoms with Crippen molar-refractivity contribution in [2.75, 3.05) is 20.3 Å². The zero-order valence-corrected chi connectivity index (χ0v) is 20.3. The highest BCUT2D eigenvalue weighted by atomic mass is 16.6. The Morgan fingerprint density at radius 2 is 1.79 bits per heavy atom. The number of methoxy groups -OCH3 is 1. The maximum Gasteiger partial charge on any atom is 0.328 e. The summed E-state index contributed by atoms with van der Waals surface area (Å²) < 4.78 is 22.3. The molecule has 186 valence electrons. The van der Waals surface area contributed by atoms with Gasteiger partial charge in [-0.25, -0.2) is 9.78 Å². The van der Waals surface area contributed by atoms with Gasteiger partial charge in [0, 0.05) is 18.9 Å². The van der Waals surface area contributed by atoms with E-state index >= 15 is 0 Å². The molecule has 0 aliphatic rings. The first-order chi connectivity index (χ1) is 16.2. The SMILES string of the molecule is COc1ccnc(C(=O)N[C@@H](C)C(=O)O[C@H](COCCC(C)C)[C@H](C)Oc2ccccc2)c1O. The molecule has 1 aromatic heterocycles. The van der Waals surface area contributed by atoms with Gasteiger partial charge < -0.3 is 29.4 Å². The minimum atomic E-state index is -1.01. The molecule has 0 aliphatic carbocycles. The molecule has 1 aromatic carbocycles. The van der Waals surface area contributed by atoms with Crippen molar-refractivity contribution in [2.24, 2.45) is 5.92 Å². The number of para-hydroxylation sites is 1. The molecule has 0 radical (unpaired) electrons. The number of nitrogens with one attached hydrogen (secondary N) is 1. The lowest BCUT2D eigenvalue weighted by atomic mass is 10.1. The van der Waals surface area contributed by atoms with Crippen LogP contribution in [0.15, 0.2) is 42.6 Å². The molecule has 0 bridgehead atoms. The van der Waals surface area contributed by atoms with Crippen molar-refractivity contribution >= 4 is 11.9 Å². The number of aromatic hydroxyl groups is 1. The van der Waals surface area contributed by atoms with E-state index in [-0.39, 0.29) is 18.1 Å². The highest BCUT2D eigenvalue weighted by molar-refractivity contribution is 5.97. The van der Waals surface area contributed by atoms with Crippen molar-refractivity contribution in [3.63, 3.8) is 0 Å². The summed E-state index contributed by atoms with van der Waals surface area (Å²) in [6.07, 6.45) is 0.988. The van der Waals surface area contributed by atoms with Gasteiger partial charge >= 0.3 is 5.97 Å². The molecular weight excluding hydrogens is 440 g/mol. The summed E-state index contributed by atoms with van der Waals surface area (Å²) in [4.78, 5) is 29.2. The third-order valence-electron chi connectivity index (χ3n) is 5.00. The molecule has 0 saturated heterocycles. The molecule has 1 heterocycles. The Morgan fingerprint density at radius 1 is 1.09 bits per heavy atom. The number of esters is 1. The van der Waals surface area contributed by atoms with Crippen LogP contribution in [0.2, 0.25) is 0 Å². The maximum absolute atomic E-state index is 12.8. The second kappa shape index (κ2) is 13.4. The van der Waals surface area contributed by atoms with Crippen molar-refractivity contribution in [3.8, 4) is 17.2 Å². The van der Waals surface area contributed by atoms with E-state index in [9.17, 15) is 14.7 Å². The molecule has 0 aliphatic heterocycles. The number of aromatic nitrogens is 1. The first kappa shape index (κ1) is 26.9. The third kappa shape index (κ3) is 8.22. The van der Waals surface area contributed by atoms with Crippen LogP contribution in [-0.2, 0) is 14.3 Å². The van der Waals surface area contributed by atoms with Gasteiger partial charge in [0.15, 0.2) is 23.3 Å². The van der Waals surface area contributed by atoms with Crippen LogP contribution >= 0.6 is 0 Å². The highest BCUT2D eigenvalue weighted by Gasteiger charge is 2.28. The quantitative estimate of drug-likeness (QED) is 0.335. The van der Waals surface area contributed by atoms with Crippen molar-refractivity contribution < 1.29 is 33.6 Å². The summed E-state index contributed by atoms with van der Waals surface area (Å²) in [5, 5.41) is 12.6. The van der Waals surface area contributed by atoms with E-state index in [0.717, 1.165) is 6.42 Å². The third-order valence-corrected chi connectivity index (χ3v) is 5.00. The van der Waals surface area contributed by atoms with Crippen LogP contribution < -0.4 is 14.8 Å². The van der Waals surface area contributed by atoms with Crippen LogP contribution in [0.3, 0.4) is 0 Å². The molecule has 3 atom stereocenters. The monoisotopic (exact) mass is 474 g/mol. The predicted octanol–water partition coefficient (Wildman–Crippen LogP) is 3.36. The van der Waals surface area contributed by atoms with Gasteiger partial charge in [0.05, 0.1) is 13.7 Å². The number of ether oxygens (including phenoxy) is 4. The number of nitrogens with zero attached hydrogens (tertiary/aromatic N) is 1. The van der Waals surface area contributed by atoms with Crippen molar-refractivity contribution in [1.82, 2.24) is 10.3 Å². The van der Waals surface area contributed by atoms with E-state index in [0.29, 0.717) is 18.3 Å². The molecule has 0 saturated carbocycles. The number of carbonyl (C=O) groups excluding carboxylic acids is 2. The Morgan fingerprint density at radius 3 is 2.44 bits per heavy atom. The lowest BCUT2D eigenvalue weighted by Gasteiger charge is -2.26. The van der Waals surface area contributed by atoms with Gasteiger partial charge in [0.2, 0.25) is 0 Å². The largest absolute Gasteiger partial charge is 0.503 e. The van der Waals surface area contributed by atoms with Crippen LogP contribution in [0, 0.1) is 5.92 Å². The van der Waals surface area contributed by atoms with Gasteiger partial charge in [-0.2, -0.15) is 0 Å². The zero-order valence-electron chi connectivity index (χ0n) is 20.3. The number of pyridine rings is 1. The topological polar surface area (TPSA) is 116 Å². The summed E-state index contributed by atoms with van der Waals surface area (Å²) >= 11 is 0. The summed E-state index contributed by atoms with van der Waals surface area (Å²) in [6, 6.07) is 9.60. The Hall–Kier alpha value is -3.33. The molecule has 1 amide bonds. The van der Waals surface area contributed by atoms with E-state index in [1.807, 2.05) is 30.3 Å². The number of rotatable bonds is 13. The fourth-order valence-electron chi connectivity index (χ4n) is 2.92. The van der Waals surface area contributed by atoms with Gasteiger partial charge in [0.1, 0.15) is 17.9 Å². The van der Waals surface area contributed by atoms with Crippen LogP contribution in [0.25, 0.3) is 0 Å². The van der Waals surface area contributed by atoms with E-state index in [2.05, 4.69) is 24.1 Å². The van der Waals surface area contributed by atoms with Crippen LogP contribution in [0.4, 0.5) is 0 Å². The first-order valence-electron chi connectivity index (χ1n) is 11.3. The summed E-state index contributed by atoms with van der Waals surface area (Å²) in [7, 11) is 1.36. The molecule has 0 spiro atoms. The molecule has 0 fully saturated rings. The number of hydrogen-bond donors (Lipinski definition) is 2. The smallest absolute Gasteiger partial charge is 0.328 e. The van der Waals surface area contributed by atoms with Gasteiger partial charge in [-0.3, -0.25) is 4.79 Å². The molecule has 9 heteroatoms. The second-order valence-electron chi connectivity index (χ2n) is 8.27. The lowest BCUT2D eigenvalue weighted by Crippen LogP contribution is -2.45. The average Bonchev–Trinajstić information content (AvgIpc) is 2.81. The number of benzene rings is 1. The number of carbonyl (C=O) groups is 2. The minimum absolute atomic E-state index is 0.0980.